The standard InChI is InChI=1S/C26H31N7OS/c1-6-21-15-31(25-13-26(34)30(5)24-12-20(9-10-27)29-33(24)25)16(2)14-32(21)17(3)19-7-8-22-23(11-19)35-18(4)28-22/h7-8,11-13,16-17,21H,6,9,14-15H2,1-5H3/t16-,17?,21+/m0/s1. The van der Waals surface area contributed by atoms with E-state index in [1.54, 1.807) is 29.0 Å². The molecular weight excluding hydrogens is 458 g/mol. The molecule has 0 amide bonds. The van der Waals surface area contributed by atoms with Crippen LogP contribution < -0.4 is 10.5 Å². The molecular formula is C26H31N7OS. The Morgan fingerprint density at radius 3 is 2.80 bits per heavy atom. The largest absolute Gasteiger partial charge is 0.351 e. The van der Waals surface area contributed by atoms with Crippen LogP contribution >= 0.6 is 11.3 Å². The van der Waals surface area contributed by atoms with Crippen molar-refractivity contribution in [1.82, 2.24) is 24.1 Å². The second-order valence-corrected chi connectivity index (χ2v) is 10.8. The average Bonchev–Trinajstić information content (AvgIpc) is 3.43. The lowest BCUT2D eigenvalue weighted by molar-refractivity contribution is 0.105. The minimum Gasteiger partial charge on any atom is -0.351 e. The van der Waals surface area contributed by atoms with E-state index in [4.69, 9.17) is 5.26 Å². The van der Waals surface area contributed by atoms with E-state index in [0.29, 0.717) is 17.4 Å². The number of nitrogens with zero attached hydrogens (tertiary/aromatic N) is 7. The van der Waals surface area contributed by atoms with Crippen LogP contribution in [0.5, 0.6) is 0 Å². The molecule has 0 saturated carbocycles. The van der Waals surface area contributed by atoms with Crippen LogP contribution in [0.2, 0.25) is 0 Å². The predicted octanol–water partition coefficient (Wildman–Crippen LogP) is 4.07. The highest BCUT2D eigenvalue weighted by Crippen LogP contribution is 2.33. The van der Waals surface area contributed by atoms with Crippen LogP contribution in [-0.2, 0) is 13.5 Å². The van der Waals surface area contributed by atoms with Gasteiger partial charge in [-0.3, -0.25) is 14.3 Å². The zero-order valence-corrected chi connectivity index (χ0v) is 21.7. The third-order valence-corrected chi connectivity index (χ3v) is 8.23. The van der Waals surface area contributed by atoms with Crippen molar-refractivity contribution >= 4 is 33.0 Å². The monoisotopic (exact) mass is 489 g/mol. The molecule has 35 heavy (non-hydrogen) atoms. The SMILES string of the molecule is CC[C@@H]1CN(c2cc(=O)n(C)c3cc(CC#N)nn23)[C@@H](C)CN1C(C)c1ccc2nc(C)sc2c1. The summed E-state index contributed by atoms with van der Waals surface area (Å²) in [6.07, 6.45) is 1.22. The second kappa shape index (κ2) is 9.10. The summed E-state index contributed by atoms with van der Waals surface area (Å²) in [6, 6.07) is 13.1. The molecule has 0 bridgehead atoms. The first-order valence-corrected chi connectivity index (χ1v) is 13.0. The van der Waals surface area contributed by atoms with E-state index in [-0.39, 0.29) is 24.1 Å². The van der Waals surface area contributed by atoms with E-state index in [9.17, 15) is 4.79 Å². The van der Waals surface area contributed by atoms with E-state index < -0.39 is 0 Å². The van der Waals surface area contributed by atoms with Crippen molar-refractivity contribution in [1.29, 1.82) is 5.26 Å². The van der Waals surface area contributed by atoms with Crippen molar-refractivity contribution in [3.05, 3.63) is 57.0 Å². The first-order valence-electron chi connectivity index (χ1n) is 12.2. The highest BCUT2D eigenvalue weighted by Gasteiger charge is 2.35. The van der Waals surface area contributed by atoms with E-state index in [1.165, 1.54) is 10.3 Å². The summed E-state index contributed by atoms with van der Waals surface area (Å²) >= 11 is 1.74. The Bertz CT molecular complexity index is 1490. The van der Waals surface area contributed by atoms with E-state index >= 15 is 0 Å². The number of aryl methyl sites for hydroxylation is 2. The van der Waals surface area contributed by atoms with Crippen LogP contribution in [0, 0.1) is 18.3 Å². The fourth-order valence-electron chi connectivity index (χ4n) is 5.31. The van der Waals surface area contributed by atoms with Gasteiger partial charge in [-0.1, -0.05) is 13.0 Å². The van der Waals surface area contributed by atoms with Crippen molar-refractivity contribution in [2.45, 2.75) is 58.7 Å². The molecule has 1 aliphatic heterocycles. The van der Waals surface area contributed by atoms with Gasteiger partial charge in [0.05, 0.1) is 33.4 Å². The normalized spacial score (nSPS) is 19.9. The van der Waals surface area contributed by atoms with Gasteiger partial charge in [0.15, 0.2) is 0 Å². The van der Waals surface area contributed by atoms with Gasteiger partial charge < -0.3 is 4.90 Å². The van der Waals surface area contributed by atoms with Gasteiger partial charge in [-0.15, -0.1) is 11.3 Å². The minimum atomic E-state index is -0.0693. The zero-order chi connectivity index (χ0) is 24.9. The Balaban J connectivity index is 1.48. The summed E-state index contributed by atoms with van der Waals surface area (Å²) in [6.45, 7) is 10.5. The number of hydrogen-bond donors (Lipinski definition) is 0. The van der Waals surface area contributed by atoms with Crippen LogP contribution in [0.15, 0.2) is 35.1 Å². The van der Waals surface area contributed by atoms with Gasteiger partial charge in [-0.05, 0) is 44.9 Å². The smallest absolute Gasteiger partial charge is 0.255 e. The fourth-order valence-corrected chi connectivity index (χ4v) is 6.18. The Labute approximate surface area is 209 Å². The quantitative estimate of drug-likeness (QED) is 0.420. The number of benzene rings is 1. The van der Waals surface area contributed by atoms with Crippen molar-refractivity contribution in [3.8, 4) is 6.07 Å². The number of nitriles is 1. The molecule has 4 aromatic rings. The fraction of sp³-hybridized carbons (Fsp3) is 0.462. The van der Waals surface area contributed by atoms with Crippen LogP contribution in [0.3, 0.4) is 0 Å². The Morgan fingerprint density at radius 1 is 1.26 bits per heavy atom. The lowest BCUT2D eigenvalue weighted by Gasteiger charge is -2.48. The first kappa shape index (κ1) is 23.5. The van der Waals surface area contributed by atoms with Crippen molar-refractivity contribution in [2.75, 3.05) is 18.0 Å². The lowest BCUT2D eigenvalue weighted by Crippen LogP contribution is -2.58. The molecule has 8 nitrogen and oxygen atoms in total. The number of hydrogen-bond acceptors (Lipinski definition) is 7. The Hall–Kier alpha value is -3.22. The third-order valence-electron chi connectivity index (χ3n) is 7.29. The minimum absolute atomic E-state index is 0.0693. The highest BCUT2D eigenvalue weighted by atomic mass is 32.1. The number of piperazine rings is 1. The van der Waals surface area contributed by atoms with Crippen molar-refractivity contribution in [2.24, 2.45) is 7.05 Å². The molecule has 1 unspecified atom stereocenters. The molecule has 1 aromatic carbocycles. The maximum atomic E-state index is 12.8. The van der Waals surface area contributed by atoms with E-state index in [0.717, 1.165) is 35.9 Å². The van der Waals surface area contributed by atoms with Gasteiger partial charge in [-0.25, -0.2) is 9.50 Å². The van der Waals surface area contributed by atoms with Crippen LogP contribution in [0.25, 0.3) is 15.9 Å². The Kier molecular flexibility index (Phi) is 6.11. The van der Waals surface area contributed by atoms with Crippen molar-refractivity contribution in [3.63, 3.8) is 0 Å². The van der Waals surface area contributed by atoms with Gasteiger partial charge >= 0.3 is 0 Å². The average molecular weight is 490 g/mol. The molecule has 0 spiro atoms. The number of fused-ring (bicyclic) bond motifs is 2. The molecule has 5 rings (SSSR count). The van der Waals surface area contributed by atoms with E-state index in [1.807, 2.05) is 10.6 Å². The predicted molar refractivity (Wildman–Crippen MR) is 140 cm³/mol. The van der Waals surface area contributed by atoms with Crippen molar-refractivity contribution < 1.29 is 0 Å². The summed E-state index contributed by atoms with van der Waals surface area (Å²) in [5.41, 5.74) is 3.69. The highest BCUT2D eigenvalue weighted by molar-refractivity contribution is 7.18. The number of thiazole rings is 1. The van der Waals surface area contributed by atoms with Gasteiger partial charge in [0.2, 0.25) is 0 Å². The zero-order valence-electron chi connectivity index (χ0n) is 20.9. The third kappa shape index (κ3) is 4.11. The molecule has 3 aromatic heterocycles. The van der Waals surface area contributed by atoms with Crippen LogP contribution in [0.4, 0.5) is 5.82 Å². The Morgan fingerprint density at radius 2 is 2.06 bits per heavy atom. The summed E-state index contributed by atoms with van der Waals surface area (Å²) in [7, 11) is 1.75. The molecule has 0 aliphatic carbocycles. The van der Waals surface area contributed by atoms with Crippen LogP contribution in [-0.4, -0.2) is 49.2 Å². The summed E-state index contributed by atoms with van der Waals surface area (Å²) in [5.74, 6) is 0.798. The molecule has 1 saturated heterocycles. The van der Waals surface area contributed by atoms with Crippen LogP contribution in [0.1, 0.15) is 49.5 Å². The number of aromatic nitrogens is 4. The van der Waals surface area contributed by atoms with E-state index in [2.05, 4.69) is 71.8 Å². The topological polar surface area (TPSA) is 82.5 Å². The molecule has 9 heteroatoms. The maximum absolute atomic E-state index is 12.8. The lowest BCUT2D eigenvalue weighted by atomic mass is 9.98. The number of anilines is 1. The summed E-state index contributed by atoms with van der Waals surface area (Å²) < 4.78 is 4.66. The van der Waals surface area contributed by atoms with Gasteiger partial charge in [0.25, 0.3) is 5.56 Å². The molecule has 0 N–H and O–H groups in total. The van der Waals surface area contributed by atoms with Gasteiger partial charge in [0.1, 0.15) is 11.5 Å². The summed E-state index contributed by atoms with van der Waals surface area (Å²) in [4.78, 5) is 22.3. The number of rotatable bonds is 5. The summed E-state index contributed by atoms with van der Waals surface area (Å²) in [5, 5.41) is 14.9. The second-order valence-electron chi connectivity index (χ2n) is 9.54. The van der Waals surface area contributed by atoms with Gasteiger partial charge in [0, 0.05) is 50.4 Å². The molecule has 4 heterocycles. The maximum Gasteiger partial charge on any atom is 0.255 e. The molecule has 0 radical (unpaired) electrons. The van der Waals surface area contributed by atoms with Gasteiger partial charge in [-0.2, -0.15) is 10.4 Å². The molecule has 3 atom stereocenters. The first-order chi connectivity index (χ1) is 16.8. The molecule has 1 fully saturated rings. The molecule has 182 valence electrons. The molecule has 1 aliphatic rings.